The molecule has 0 saturated carbocycles. The smallest absolute Gasteiger partial charge is 0.218 e. The van der Waals surface area contributed by atoms with E-state index < -0.39 is 0 Å². The van der Waals surface area contributed by atoms with Crippen LogP contribution in [0.1, 0.15) is 26.6 Å². The predicted octanol–water partition coefficient (Wildman–Crippen LogP) is 1.58. The molecule has 5 nitrogen and oxygen atoms in total. The van der Waals surface area contributed by atoms with Crippen LogP contribution < -0.4 is 15.8 Å². The second-order valence-electron chi connectivity index (χ2n) is 4.79. The minimum absolute atomic E-state index is 0.0463. The van der Waals surface area contributed by atoms with Crippen LogP contribution in [0.4, 0.5) is 5.82 Å². The summed E-state index contributed by atoms with van der Waals surface area (Å²) in [6.45, 7) is 10.00. The maximum atomic E-state index is 5.68. The van der Waals surface area contributed by atoms with Crippen molar-refractivity contribution in [3.63, 3.8) is 0 Å². The van der Waals surface area contributed by atoms with Gasteiger partial charge in [-0.05, 0) is 25.8 Å². The Balaban J connectivity index is 2.70. The van der Waals surface area contributed by atoms with E-state index in [2.05, 4.69) is 29.1 Å². The fraction of sp³-hybridized carbons (Fsp3) is 0.667. The summed E-state index contributed by atoms with van der Waals surface area (Å²) in [7, 11) is 0. The van der Waals surface area contributed by atoms with Crippen LogP contribution in [0, 0.1) is 12.3 Å². The molecular weight excluding hydrogens is 216 g/mol. The van der Waals surface area contributed by atoms with Gasteiger partial charge in [-0.25, -0.2) is 4.98 Å². The number of aromatic nitrogens is 2. The number of hydrogen-bond donors (Lipinski definition) is 2. The first-order valence-corrected chi connectivity index (χ1v) is 5.89. The van der Waals surface area contributed by atoms with Crippen molar-refractivity contribution in [1.29, 1.82) is 0 Å². The summed E-state index contributed by atoms with van der Waals surface area (Å²) in [6.07, 6.45) is 0. The number of aryl methyl sites for hydroxylation is 1. The summed E-state index contributed by atoms with van der Waals surface area (Å²) in [5.74, 6) is 2.08. The molecule has 3 N–H and O–H groups in total. The van der Waals surface area contributed by atoms with Crippen molar-refractivity contribution < 1.29 is 4.74 Å². The molecule has 0 amide bonds. The van der Waals surface area contributed by atoms with Crippen LogP contribution >= 0.6 is 0 Å². The van der Waals surface area contributed by atoms with Crippen LogP contribution in [0.3, 0.4) is 0 Å². The number of ether oxygens (including phenoxy) is 1. The molecule has 1 aromatic heterocycles. The van der Waals surface area contributed by atoms with Crippen LogP contribution in [0.5, 0.6) is 5.88 Å². The zero-order chi connectivity index (χ0) is 12.9. The number of nitrogens with one attached hydrogen (secondary N) is 1. The summed E-state index contributed by atoms with van der Waals surface area (Å²) in [5.41, 5.74) is 5.73. The average Bonchev–Trinajstić information content (AvgIpc) is 2.26. The van der Waals surface area contributed by atoms with Gasteiger partial charge in [0.1, 0.15) is 11.6 Å². The fourth-order valence-corrected chi connectivity index (χ4v) is 1.25. The molecule has 0 saturated heterocycles. The minimum atomic E-state index is 0.0463. The van der Waals surface area contributed by atoms with E-state index in [0.29, 0.717) is 24.9 Å². The fourth-order valence-electron chi connectivity index (χ4n) is 1.25. The minimum Gasteiger partial charge on any atom is -0.478 e. The van der Waals surface area contributed by atoms with Gasteiger partial charge in [-0.3, -0.25) is 0 Å². The number of anilines is 1. The molecule has 0 aliphatic heterocycles. The molecule has 0 spiro atoms. The van der Waals surface area contributed by atoms with E-state index in [1.165, 1.54) is 0 Å². The standard InChI is InChI=1S/C12H22N4O/c1-5-17-11-6-10(15-9(2)16-11)14-8-12(3,4)7-13/h6H,5,7-8,13H2,1-4H3,(H,14,15,16). The maximum Gasteiger partial charge on any atom is 0.218 e. The summed E-state index contributed by atoms with van der Waals surface area (Å²) < 4.78 is 5.37. The van der Waals surface area contributed by atoms with Gasteiger partial charge in [0, 0.05) is 12.6 Å². The highest BCUT2D eigenvalue weighted by Gasteiger charge is 2.15. The molecule has 96 valence electrons. The van der Waals surface area contributed by atoms with E-state index >= 15 is 0 Å². The summed E-state index contributed by atoms with van der Waals surface area (Å²) in [6, 6.07) is 1.81. The van der Waals surface area contributed by atoms with Crippen molar-refractivity contribution in [2.24, 2.45) is 11.1 Å². The van der Waals surface area contributed by atoms with Crippen molar-refractivity contribution in [3.8, 4) is 5.88 Å². The second-order valence-corrected chi connectivity index (χ2v) is 4.79. The zero-order valence-electron chi connectivity index (χ0n) is 11.1. The number of nitrogens with zero attached hydrogens (tertiary/aromatic N) is 2. The molecule has 17 heavy (non-hydrogen) atoms. The molecule has 0 fully saturated rings. The highest BCUT2D eigenvalue weighted by atomic mass is 16.5. The Labute approximate surface area is 103 Å². The van der Waals surface area contributed by atoms with E-state index in [4.69, 9.17) is 10.5 Å². The highest BCUT2D eigenvalue weighted by Crippen LogP contribution is 2.17. The van der Waals surface area contributed by atoms with Crippen molar-refractivity contribution in [2.75, 3.05) is 25.0 Å². The highest BCUT2D eigenvalue weighted by molar-refractivity contribution is 5.38. The third kappa shape index (κ3) is 4.56. The SMILES string of the molecule is CCOc1cc(NCC(C)(C)CN)nc(C)n1. The molecule has 0 aromatic carbocycles. The third-order valence-electron chi connectivity index (χ3n) is 2.41. The molecule has 0 radical (unpaired) electrons. The topological polar surface area (TPSA) is 73.1 Å². The Kier molecular flexibility index (Phi) is 4.69. The van der Waals surface area contributed by atoms with E-state index in [9.17, 15) is 0 Å². The molecule has 0 unspecified atom stereocenters. The van der Waals surface area contributed by atoms with Gasteiger partial charge in [-0.2, -0.15) is 4.98 Å². The van der Waals surface area contributed by atoms with Crippen molar-refractivity contribution in [2.45, 2.75) is 27.7 Å². The Morgan fingerprint density at radius 2 is 2.12 bits per heavy atom. The van der Waals surface area contributed by atoms with E-state index in [0.717, 1.165) is 12.4 Å². The lowest BCUT2D eigenvalue weighted by Gasteiger charge is -2.23. The van der Waals surface area contributed by atoms with Gasteiger partial charge in [0.2, 0.25) is 5.88 Å². The Morgan fingerprint density at radius 1 is 1.41 bits per heavy atom. The van der Waals surface area contributed by atoms with Gasteiger partial charge < -0.3 is 15.8 Å². The van der Waals surface area contributed by atoms with Crippen LogP contribution in [-0.4, -0.2) is 29.7 Å². The third-order valence-corrected chi connectivity index (χ3v) is 2.41. The molecule has 0 bridgehead atoms. The predicted molar refractivity (Wildman–Crippen MR) is 69.3 cm³/mol. The molecule has 0 atom stereocenters. The second kappa shape index (κ2) is 5.82. The molecule has 0 aliphatic carbocycles. The molecule has 1 heterocycles. The van der Waals surface area contributed by atoms with Gasteiger partial charge in [0.15, 0.2) is 0 Å². The number of hydrogen-bond acceptors (Lipinski definition) is 5. The van der Waals surface area contributed by atoms with Gasteiger partial charge in [0.05, 0.1) is 6.61 Å². The van der Waals surface area contributed by atoms with E-state index in [-0.39, 0.29) is 5.41 Å². The molecule has 1 aromatic rings. The Morgan fingerprint density at radius 3 is 2.71 bits per heavy atom. The molecule has 1 rings (SSSR count). The van der Waals surface area contributed by atoms with E-state index in [1.54, 1.807) is 0 Å². The van der Waals surface area contributed by atoms with Crippen molar-refractivity contribution in [3.05, 3.63) is 11.9 Å². The molecular formula is C12H22N4O. The monoisotopic (exact) mass is 238 g/mol. The Hall–Kier alpha value is -1.36. The van der Waals surface area contributed by atoms with Crippen molar-refractivity contribution in [1.82, 2.24) is 9.97 Å². The lowest BCUT2D eigenvalue weighted by atomic mass is 9.94. The number of nitrogens with two attached hydrogens (primary N) is 1. The van der Waals surface area contributed by atoms with Gasteiger partial charge in [-0.1, -0.05) is 13.8 Å². The van der Waals surface area contributed by atoms with Crippen LogP contribution in [-0.2, 0) is 0 Å². The van der Waals surface area contributed by atoms with E-state index in [1.807, 2.05) is 19.9 Å². The summed E-state index contributed by atoms with van der Waals surface area (Å²) >= 11 is 0. The van der Waals surface area contributed by atoms with Crippen LogP contribution in [0.2, 0.25) is 0 Å². The first-order valence-electron chi connectivity index (χ1n) is 5.89. The van der Waals surface area contributed by atoms with Crippen LogP contribution in [0.15, 0.2) is 6.07 Å². The zero-order valence-corrected chi connectivity index (χ0v) is 11.1. The van der Waals surface area contributed by atoms with Crippen molar-refractivity contribution >= 4 is 5.82 Å². The average molecular weight is 238 g/mol. The quantitative estimate of drug-likeness (QED) is 0.787. The molecule has 0 aliphatic rings. The lowest BCUT2D eigenvalue weighted by Crippen LogP contribution is -2.31. The lowest BCUT2D eigenvalue weighted by molar-refractivity contribution is 0.325. The van der Waals surface area contributed by atoms with Gasteiger partial charge >= 0.3 is 0 Å². The Bertz CT molecular complexity index is 366. The normalized spacial score (nSPS) is 11.4. The van der Waals surface area contributed by atoms with Gasteiger partial charge in [0.25, 0.3) is 0 Å². The van der Waals surface area contributed by atoms with Crippen LogP contribution in [0.25, 0.3) is 0 Å². The summed E-state index contributed by atoms with van der Waals surface area (Å²) in [5, 5.41) is 3.26. The molecule has 5 heteroatoms. The number of rotatable bonds is 6. The maximum absolute atomic E-state index is 5.68. The van der Waals surface area contributed by atoms with Gasteiger partial charge in [-0.15, -0.1) is 0 Å². The first-order chi connectivity index (χ1) is 7.96. The first kappa shape index (κ1) is 13.7. The summed E-state index contributed by atoms with van der Waals surface area (Å²) in [4.78, 5) is 8.50. The largest absolute Gasteiger partial charge is 0.478 e.